The van der Waals surface area contributed by atoms with Gasteiger partial charge < -0.3 is 14.2 Å². The molecule has 0 amide bonds. The number of carbonyl (C=O) groups is 1. The molecule has 1 aliphatic carbocycles. The van der Waals surface area contributed by atoms with Crippen LogP contribution < -0.4 is 9.64 Å². The molecule has 188 valence electrons. The van der Waals surface area contributed by atoms with Crippen molar-refractivity contribution in [3.05, 3.63) is 132 Å². The molecule has 0 saturated heterocycles. The molecule has 38 heavy (non-hydrogen) atoms. The van der Waals surface area contributed by atoms with E-state index >= 15 is 0 Å². The van der Waals surface area contributed by atoms with Crippen LogP contribution in [-0.4, -0.2) is 23.5 Å². The summed E-state index contributed by atoms with van der Waals surface area (Å²) in [6, 6.07) is 37.8. The number of aryl methyl sites for hydroxylation is 1. The molecule has 2 aliphatic rings. The standard InChI is InChI=1S/C34H30N2O2/c1-35-28-19-10-9-18-27(28)32-30(35)22-36(25-16-11-17-26(20-25)38-2)29-21-31(37)34(33(29)32,23-12-5-3-6-13-23)24-14-7-4-8-15-24/h3-20,29,33H,21-22H2,1-2H3/t29-,33+/m1/s1. The summed E-state index contributed by atoms with van der Waals surface area (Å²) in [4.78, 5) is 17.1. The van der Waals surface area contributed by atoms with E-state index in [4.69, 9.17) is 4.74 Å². The van der Waals surface area contributed by atoms with Gasteiger partial charge in [-0.25, -0.2) is 0 Å². The highest BCUT2D eigenvalue weighted by atomic mass is 16.5. The second-order valence-corrected chi connectivity index (χ2v) is 10.5. The van der Waals surface area contributed by atoms with Gasteiger partial charge in [0.2, 0.25) is 0 Å². The van der Waals surface area contributed by atoms with Gasteiger partial charge in [-0.1, -0.05) is 84.9 Å². The van der Waals surface area contributed by atoms with Crippen LogP contribution in [0.15, 0.2) is 109 Å². The molecule has 1 fully saturated rings. The van der Waals surface area contributed by atoms with Gasteiger partial charge in [0.25, 0.3) is 0 Å². The number of anilines is 1. The normalized spacial score (nSPS) is 19.8. The molecule has 0 N–H and O–H groups in total. The minimum atomic E-state index is -0.788. The Balaban J connectivity index is 1.57. The molecule has 5 aromatic rings. The van der Waals surface area contributed by atoms with Gasteiger partial charge in [0.15, 0.2) is 5.78 Å². The third kappa shape index (κ3) is 3.06. The van der Waals surface area contributed by atoms with Crippen molar-refractivity contribution in [2.75, 3.05) is 12.0 Å². The minimum Gasteiger partial charge on any atom is -0.497 e. The lowest BCUT2D eigenvalue weighted by Crippen LogP contribution is -2.47. The lowest BCUT2D eigenvalue weighted by atomic mass is 9.63. The number of fused-ring (bicyclic) bond motifs is 5. The summed E-state index contributed by atoms with van der Waals surface area (Å²) in [7, 11) is 3.86. The number of benzene rings is 4. The molecule has 4 aromatic carbocycles. The highest BCUT2D eigenvalue weighted by Crippen LogP contribution is 2.59. The van der Waals surface area contributed by atoms with E-state index in [2.05, 4.69) is 101 Å². The summed E-state index contributed by atoms with van der Waals surface area (Å²) in [6.07, 6.45) is 0.480. The Bertz CT molecular complexity index is 1620. The Kier molecular flexibility index (Phi) is 5.19. The van der Waals surface area contributed by atoms with Gasteiger partial charge in [-0.05, 0) is 34.9 Å². The number of carbonyl (C=O) groups excluding carboxylic acids is 1. The van der Waals surface area contributed by atoms with E-state index in [0.717, 1.165) is 29.1 Å². The molecule has 4 nitrogen and oxygen atoms in total. The summed E-state index contributed by atoms with van der Waals surface area (Å²) in [6.45, 7) is 0.738. The van der Waals surface area contributed by atoms with E-state index in [0.29, 0.717) is 6.42 Å². The molecule has 1 aromatic heterocycles. The van der Waals surface area contributed by atoms with Gasteiger partial charge >= 0.3 is 0 Å². The summed E-state index contributed by atoms with van der Waals surface area (Å²) in [5.74, 6) is 1.04. The molecular weight excluding hydrogens is 468 g/mol. The van der Waals surface area contributed by atoms with Gasteiger partial charge in [-0.3, -0.25) is 4.79 Å². The number of ether oxygens (including phenoxy) is 1. The first-order chi connectivity index (χ1) is 18.6. The largest absolute Gasteiger partial charge is 0.497 e. The Labute approximate surface area is 223 Å². The Hall–Kier alpha value is -4.31. The molecule has 7 rings (SSSR count). The molecule has 0 unspecified atom stereocenters. The molecular formula is C34H30N2O2. The van der Waals surface area contributed by atoms with E-state index in [1.165, 1.54) is 22.2 Å². The van der Waals surface area contributed by atoms with Crippen LogP contribution in [0.25, 0.3) is 10.9 Å². The SMILES string of the molecule is COc1cccc(N2Cc3c(c4ccccc4n3C)[C@@H]3[C@H]2CC(=O)C3(c2ccccc2)c2ccccc2)c1. The van der Waals surface area contributed by atoms with Crippen molar-refractivity contribution >= 4 is 22.4 Å². The Morgan fingerprint density at radius 1 is 0.816 bits per heavy atom. The van der Waals surface area contributed by atoms with Crippen molar-refractivity contribution in [3.63, 3.8) is 0 Å². The monoisotopic (exact) mass is 498 g/mol. The van der Waals surface area contributed by atoms with Crippen molar-refractivity contribution in [1.82, 2.24) is 4.57 Å². The van der Waals surface area contributed by atoms with Crippen LogP contribution in [0.5, 0.6) is 5.75 Å². The Morgan fingerprint density at radius 2 is 1.47 bits per heavy atom. The number of Topliss-reactive ketones (excluding diaryl/α,β-unsaturated/α-hetero) is 1. The number of rotatable bonds is 4. The molecule has 1 aliphatic heterocycles. The van der Waals surface area contributed by atoms with Crippen LogP contribution in [0, 0.1) is 0 Å². The smallest absolute Gasteiger partial charge is 0.150 e. The molecule has 0 radical (unpaired) electrons. The quantitative estimate of drug-likeness (QED) is 0.279. The Morgan fingerprint density at radius 3 is 2.16 bits per heavy atom. The number of hydrogen-bond donors (Lipinski definition) is 0. The fourth-order valence-corrected chi connectivity index (χ4v) is 7.24. The van der Waals surface area contributed by atoms with E-state index in [1.807, 2.05) is 24.3 Å². The summed E-state index contributed by atoms with van der Waals surface area (Å²) >= 11 is 0. The van der Waals surface area contributed by atoms with Crippen LogP contribution in [-0.2, 0) is 23.8 Å². The lowest BCUT2D eigenvalue weighted by molar-refractivity contribution is -0.121. The van der Waals surface area contributed by atoms with E-state index in [-0.39, 0.29) is 17.7 Å². The fraction of sp³-hybridized carbons (Fsp3) is 0.206. The number of ketones is 1. The maximum atomic E-state index is 14.7. The number of nitrogens with zero attached hydrogens (tertiary/aromatic N) is 2. The number of para-hydroxylation sites is 1. The maximum absolute atomic E-state index is 14.7. The number of hydrogen-bond acceptors (Lipinski definition) is 3. The topological polar surface area (TPSA) is 34.5 Å². The zero-order valence-corrected chi connectivity index (χ0v) is 21.7. The van der Waals surface area contributed by atoms with E-state index < -0.39 is 5.41 Å². The van der Waals surface area contributed by atoms with Gasteiger partial charge in [0, 0.05) is 53.8 Å². The summed E-state index contributed by atoms with van der Waals surface area (Å²) < 4.78 is 7.93. The van der Waals surface area contributed by atoms with Gasteiger partial charge in [-0.2, -0.15) is 0 Å². The summed E-state index contributed by atoms with van der Waals surface area (Å²) in [5, 5.41) is 1.25. The van der Waals surface area contributed by atoms with Crippen LogP contribution >= 0.6 is 0 Å². The summed E-state index contributed by atoms with van der Waals surface area (Å²) in [5.41, 5.74) is 6.21. The first-order valence-corrected chi connectivity index (χ1v) is 13.3. The van der Waals surface area contributed by atoms with Crippen molar-refractivity contribution < 1.29 is 9.53 Å². The molecule has 2 atom stereocenters. The number of methoxy groups -OCH3 is 1. The van der Waals surface area contributed by atoms with Crippen LogP contribution in [0.4, 0.5) is 5.69 Å². The number of aromatic nitrogens is 1. The molecule has 1 saturated carbocycles. The van der Waals surface area contributed by atoms with Crippen molar-refractivity contribution in [2.45, 2.75) is 30.3 Å². The average Bonchev–Trinajstić information content (AvgIpc) is 3.44. The zero-order chi connectivity index (χ0) is 25.9. The first-order valence-electron chi connectivity index (χ1n) is 13.3. The molecule has 0 bridgehead atoms. The van der Waals surface area contributed by atoms with Crippen molar-refractivity contribution in [2.24, 2.45) is 7.05 Å². The third-order valence-electron chi connectivity index (χ3n) is 8.83. The fourth-order valence-electron chi connectivity index (χ4n) is 7.24. The first kappa shape index (κ1) is 22.9. The van der Waals surface area contributed by atoms with Crippen molar-refractivity contribution in [1.29, 1.82) is 0 Å². The lowest BCUT2D eigenvalue weighted by Gasteiger charge is -2.45. The van der Waals surface area contributed by atoms with Crippen molar-refractivity contribution in [3.8, 4) is 5.75 Å². The molecule has 2 heterocycles. The highest BCUT2D eigenvalue weighted by molar-refractivity contribution is 6.01. The molecule has 4 heteroatoms. The van der Waals surface area contributed by atoms with Crippen LogP contribution in [0.1, 0.15) is 34.7 Å². The van der Waals surface area contributed by atoms with Crippen LogP contribution in [0.3, 0.4) is 0 Å². The van der Waals surface area contributed by atoms with E-state index in [1.54, 1.807) is 7.11 Å². The van der Waals surface area contributed by atoms with Gasteiger partial charge in [0.05, 0.1) is 19.1 Å². The van der Waals surface area contributed by atoms with Gasteiger partial charge in [-0.15, -0.1) is 0 Å². The predicted molar refractivity (Wildman–Crippen MR) is 152 cm³/mol. The van der Waals surface area contributed by atoms with Gasteiger partial charge in [0.1, 0.15) is 5.75 Å². The predicted octanol–water partition coefficient (Wildman–Crippen LogP) is 6.62. The minimum absolute atomic E-state index is 0.00771. The molecule has 0 spiro atoms. The second kappa shape index (κ2) is 8.63. The zero-order valence-electron chi connectivity index (χ0n) is 21.7. The van der Waals surface area contributed by atoms with E-state index in [9.17, 15) is 4.79 Å². The maximum Gasteiger partial charge on any atom is 0.150 e. The highest BCUT2D eigenvalue weighted by Gasteiger charge is 2.61. The van der Waals surface area contributed by atoms with Crippen LogP contribution in [0.2, 0.25) is 0 Å². The third-order valence-corrected chi connectivity index (χ3v) is 8.83. The average molecular weight is 499 g/mol. The second-order valence-electron chi connectivity index (χ2n) is 10.5.